The fourth-order valence-electron chi connectivity index (χ4n) is 2.85. The predicted octanol–water partition coefficient (Wildman–Crippen LogP) is 5.88. The van der Waals surface area contributed by atoms with Gasteiger partial charge in [-0.05, 0) is 79.1 Å². The molecule has 0 bridgehead atoms. The van der Waals surface area contributed by atoms with Gasteiger partial charge in [-0.3, -0.25) is 0 Å². The van der Waals surface area contributed by atoms with Crippen molar-refractivity contribution in [2.75, 3.05) is 0 Å². The average Bonchev–Trinajstić information content (AvgIpc) is 2.40. The molecular weight excluding hydrogens is 256 g/mol. The van der Waals surface area contributed by atoms with Crippen LogP contribution in [0.1, 0.15) is 56.7 Å². The molecule has 2 aromatic rings. The number of allylic oxidation sites excluding steroid dienone is 2. The Labute approximate surface area is 128 Å². The van der Waals surface area contributed by atoms with Gasteiger partial charge in [0, 0.05) is 0 Å². The lowest BCUT2D eigenvalue weighted by atomic mass is 9.92. The van der Waals surface area contributed by atoms with Gasteiger partial charge >= 0.3 is 0 Å². The van der Waals surface area contributed by atoms with Crippen molar-refractivity contribution in [1.82, 2.24) is 0 Å². The van der Waals surface area contributed by atoms with E-state index < -0.39 is 0 Å². The van der Waals surface area contributed by atoms with E-state index in [1.54, 1.807) is 0 Å². The highest BCUT2D eigenvalue weighted by Crippen LogP contribution is 2.33. The lowest BCUT2D eigenvalue weighted by Gasteiger charge is -2.14. The van der Waals surface area contributed by atoms with Crippen molar-refractivity contribution in [3.05, 3.63) is 52.6 Å². The number of aromatic hydroxyl groups is 1. The Bertz CT molecular complexity index is 674. The van der Waals surface area contributed by atoms with Gasteiger partial charge in [-0.2, -0.15) is 0 Å². The second-order valence-electron chi connectivity index (χ2n) is 6.47. The van der Waals surface area contributed by atoms with E-state index in [9.17, 15) is 5.11 Å². The summed E-state index contributed by atoms with van der Waals surface area (Å²) in [5, 5.41) is 12.7. The van der Waals surface area contributed by atoms with Crippen molar-refractivity contribution in [1.29, 1.82) is 0 Å². The Kier molecular flexibility index (Phi) is 4.72. The van der Waals surface area contributed by atoms with Gasteiger partial charge in [-0.25, -0.2) is 0 Å². The van der Waals surface area contributed by atoms with Gasteiger partial charge in [0.15, 0.2) is 0 Å². The van der Waals surface area contributed by atoms with E-state index in [1.807, 2.05) is 6.07 Å². The molecule has 0 amide bonds. The summed E-state index contributed by atoms with van der Waals surface area (Å²) in [6.45, 7) is 10.7. The lowest BCUT2D eigenvalue weighted by Crippen LogP contribution is -1.94. The summed E-state index contributed by atoms with van der Waals surface area (Å²) in [5.41, 5.74) is 5.05. The van der Waals surface area contributed by atoms with Gasteiger partial charge in [0.25, 0.3) is 0 Å². The molecule has 0 unspecified atom stereocenters. The third kappa shape index (κ3) is 3.47. The fourth-order valence-corrected chi connectivity index (χ4v) is 2.85. The summed E-state index contributed by atoms with van der Waals surface area (Å²) in [5.74, 6) is 0.761. The van der Waals surface area contributed by atoms with Gasteiger partial charge in [0.1, 0.15) is 5.75 Å². The first-order chi connectivity index (χ1) is 9.90. The molecule has 0 aliphatic carbocycles. The maximum Gasteiger partial charge on any atom is 0.119 e. The summed E-state index contributed by atoms with van der Waals surface area (Å²) < 4.78 is 0. The molecule has 0 atom stereocenters. The van der Waals surface area contributed by atoms with Crippen LogP contribution in [-0.4, -0.2) is 5.11 Å². The molecule has 0 aliphatic rings. The Balaban J connectivity index is 2.51. The van der Waals surface area contributed by atoms with E-state index in [-0.39, 0.29) is 0 Å². The first-order valence-corrected chi connectivity index (χ1v) is 7.78. The van der Waals surface area contributed by atoms with E-state index >= 15 is 0 Å². The van der Waals surface area contributed by atoms with E-state index in [2.05, 4.69) is 58.9 Å². The first-order valence-electron chi connectivity index (χ1n) is 7.78. The molecule has 0 saturated heterocycles. The van der Waals surface area contributed by atoms with Crippen LogP contribution in [-0.2, 0) is 6.42 Å². The number of rotatable bonds is 4. The fraction of sp³-hybridized carbons (Fsp3) is 0.400. The molecule has 0 aromatic heterocycles. The average molecular weight is 282 g/mol. The Morgan fingerprint density at radius 2 is 1.90 bits per heavy atom. The van der Waals surface area contributed by atoms with Crippen molar-refractivity contribution in [2.45, 2.75) is 53.4 Å². The molecule has 21 heavy (non-hydrogen) atoms. The summed E-state index contributed by atoms with van der Waals surface area (Å²) in [6, 6.07) is 8.45. The van der Waals surface area contributed by atoms with Gasteiger partial charge in [-0.15, -0.1) is 0 Å². The van der Waals surface area contributed by atoms with Crippen LogP contribution in [0, 0.1) is 6.92 Å². The van der Waals surface area contributed by atoms with Crippen LogP contribution >= 0.6 is 0 Å². The van der Waals surface area contributed by atoms with E-state index in [0.29, 0.717) is 11.7 Å². The molecule has 0 radical (unpaired) electrons. The highest BCUT2D eigenvalue weighted by Gasteiger charge is 2.11. The van der Waals surface area contributed by atoms with Crippen LogP contribution in [0.3, 0.4) is 0 Å². The van der Waals surface area contributed by atoms with Crippen LogP contribution in [0.4, 0.5) is 0 Å². The second kappa shape index (κ2) is 6.34. The van der Waals surface area contributed by atoms with Crippen molar-refractivity contribution in [3.63, 3.8) is 0 Å². The van der Waals surface area contributed by atoms with Crippen molar-refractivity contribution < 1.29 is 5.11 Å². The Morgan fingerprint density at radius 1 is 1.19 bits per heavy atom. The number of fused-ring (bicyclic) bond motifs is 1. The van der Waals surface area contributed by atoms with Gasteiger partial charge < -0.3 is 5.11 Å². The predicted molar refractivity (Wildman–Crippen MR) is 92.2 cm³/mol. The first kappa shape index (κ1) is 15.6. The van der Waals surface area contributed by atoms with Gasteiger partial charge in [0.2, 0.25) is 0 Å². The van der Waals surface area contributed by atoms with E-state index in [4.69, 9.17) is 0 Å². The third-order valence-corrected chi connectivity index (χ3v) is 4.08. The number of hydrogen-bond donors (Lipinski definition) is 1. The standard InChI is InChI=1S/C20H26O/c1-13(2)7-6-8-17-15(5)9-10-16-11-18(14(3)4)20(21)12-19(16)17/h7,9-12,14,21H,6,8H2,1-5H3. The van der Waals surface area contributed by atoms with Crippen LogP contribution in [0.5, 0.6) is 5.75 Å². The largest absolute Gasteiger partial charge is 0.508 e. The Morgan fingerprint density at radius 3 is 2.52 bits per heavy atom. The Hall–Kier alpha value is -1.76. The minimum absolute atomic E-state index is 0.338. The van der Waals surface area contributed by atoms with Crippen LogP contribution in [0.25, 0.3) is 10.8 Å². The van der Waals surface area contributed by atoms with Gasteiger partial charge in [0.05, 0.1) is 0 Å². The van der Waals surface area contributed by atoms with E-state index in [0.717, 1.165) is 18.4 Å². The number of hydrogen-bond acceptors (Lipinski definition) is 1. The highest BCUT2D eigenvalue weighted by molar-refractivity contribution is 5.89. The quantitative estimate of drug-likeness (QED) is 0.695. The zero-order valence-electron chi connectivity index (χ0n) is 13.8. The molecular formula is C20H26O. The molecule has 0 fully saturated rings. The van der Waals surface area contributed by atoms with Crippen LogP contribution < -0.4 is 0 Å². The molecule has 0 heterocycles. The van der Waals surface area contributed by atoms with Gasteiger partial charge in [-0.1, -0.05) is 37.6 Å². The minimum Gasteiger partial charge on any atom is -0.508 e. The minimum atomic E-state index is 0.338. The molecule has 1 N–H and O–H groups in total. The molecule has 2 aromatic carbocycles. The molecule has 0 saturated carbocycles. The number of benzene rings is 2. The molecule has 1 heteroatoms. The van der Waals surface area contributed by atoms with Crippen molar-refractivity contribution >= 4 is 10.8 Å². The molecule has 2 rings (SSSR count). The SMILES string of the molecule is CC(C)=CCCc1c(C)ccc2cc(C(C)C)c(O)cc12. The monoisotopic (exact) mass is 282 g/mol. The van der Waals surface area contributed by atoms with Crippen LogP contribution in [0.2, 0.25) is 0 Å². The molecule has 0 spiro atoms. The smallest absolute Gasteiger partial charge is 0.119 e. The van der Waals surface area contributed by atoms with Crippen molar-refractivity contribution in [3.8, 4) is 5.75 Å². The summed E-state index contributed by atoms with van der Waals surface area (Å²) in [6.07, 6.45) is 4.35. The molecule has 1 nitrogen and oxygen atoms in total. The third-order valence-electron chi connectivity index (χ3n) is 4.08. The summed E-state index contributed by atoms with van der Waals surface area (Å²) >= 11 is 0. The topological polar surface area (TPSA) is 20.2 Å². The lowest BCUT2D eigenvalue weighted by molar-refractivity contribution is 0.466. The van der Waals surface area contributed by atoms with E-state index in [1.165, 1.54) is 27.5 Å². The number of aryl methyl sites for hydroxylation is 2. The summed E-state index contributed by atoms with van der Waals surface area (Å²) in [7, 11) is 0. The zero-order valence-corrected chi connectivity index (χ0v) is 13.8. The normalized spacial score (nSPS) is 11.1. The van der Waals surface area contributed by atoms with Crippen molar-refractivity contribution in [2.24, 2.45) is 0 Å². The number of phenolic OH excluding ortho intramolecular Hbond substituents is 1. The number of phenols is 1. The van der Waals surface area contributed by atoms with Crippen LogP contribution in [0.15, 0.2) is 35.9 Å². The second-order valence-corrected chi connectivity index (χ2v) is 6.47. The maximum atomic E-state index is 10.3. The molecule has 0 aliphatic heterocycles. The molecule has 112 valence electrons. The zero-order chi connectivity index (χ0) is 15.6. The summed E-state index contributed by atoms with van der Waals surface area (Å²) in [4.78, 5) is 0. The highest BCUT2D eigenvalue weighted by atomic mass is 16.3. The maximum absolute atomic E-state index is 10.3.